The van der Waals surface area contributed by atoms with Gasteiger partial charge >= 0.3 is 0 Å². The Labute approximate surface area is 132 Å². The van der Waals surface area contributed by atoms with Gasteiger partial charge in [0.1, 0.15) is 11.5 Å². The molecular formula is C17H28N2O3. The lowest BCUT2D eigenvalue weighted by molar-refractivity contribution is -0.134. The van der Waals surface area contributed by atoms with Crippen LogP contribution in [0.1, 0.15) is 43.3 Å². The highest BCUT2D eigenvalue weighted by Gasteiger charge is 2.28. The number of amides is 1. The summed E-state index contributed by atoms with van der Waals surface area (Å²) in [5.41, 5.74) is 0.992. The van der Waals surface area contributed by atoms with Crippen molar-refractivity contribution in [1.82, 2.24) is 9.80 Å². The van der Waals surface area contributed by atoms with Crippen LogP contribution in [0.5, 0.6) is 0 Å². The largest absolute Gasteiger partial charge is 0.466 e. The minimum absolute atomic E-state index is 0.162. The van der Waals surface area contributed by atoms with E-state index in [1.54, 1.807) is 0 Å². The van der Waals surface area contributed by atoms with Crippen LogP contribution in [0.15, 0.2) is 10.5 Å². The normalized spacial score (nSPS) is 19.2. The first kappa shape index (κ1) is 17.0. The standard InChI is InChI=1S/C17H28N2O3/c1-5-15(20)11-18-6-8-19(9-7-18)17(21)13(3)16-10-12(2)22-14(16)4/h10,13,15,20H,5-9,11H2,1-4H3. The molecule has 0 bridgehead atoms. The Kier molecular flexibility index (Phi) is 5.64. The SMILES string of the molecule is CCC(O)CN1CCN(C(=O)C(C)c2cc(C)oc2C)CC1. The van der Waals surface area contributed by atoms with Crippen molar-refractivity contribution in [1.29, 1.82) is 0 Å². The maximum absolute atomic E-state index is 12.7. The van der Waals surface area contributed by atoms with Gasteiger partial charge in [0, 0.05) is 38.3 Å². The molecule has 1 saturated heterocycles. The Balaban J connectivity index is 1.91. The molecule has 2 atom stereocenters. The summed E-state index contributed by atoms with van der Waals surface area (Å²) in [5, 5.41) is 9.72. The average Bonchev–Trinajstić information content (AvgIpc) is 2.85. The lowest BCUT2D eigenvalue weighted by Gasteiger charge is -2.36. The molecule has 1 aliphatic heterocycles. The van der Waals surface area contributed by atoms with Crippen LogP contribution in [0.25, 0.3) is 0 Å². The number of rotatable bonds is 5. The molecule has 5 heteroatoms. The van der Waals surface area contributed by atoms with Gasteiger partial charge in [0.05, 0.1) is 12.0 Å². The minimum atomic E-state index is -0.266. The summed E-state index contributed by atoms with van der Waals surface area (Å²) >= 11 is 0. The number of nitrogens with zero attached hydrogens (tertiary/aromatic N) is 2. The van der Waals surface area contributed by atoms with Gasteiger partial charge in [-0.2, -0.15) is 0 Å². The zero-order valence-corrected chi connectivity index (χ0v) is 14.1. The molecule has 1 amide bonds. The molecule has 1 aromatic rings. The van der Waals surface area contributed by atoms with E-state index in [1.165, 1.54) is 0 Å². The van der Waals surface area contributed by atoms with Gasteiger partial charge in [0.2, 0.25) is 5.91 Å². The number of furan rings is 1. The predicted octanol–water partition coefficient (Wildman–Crippen LogP) is 1.92. The van der Waals surface area contributed by atoms with E-state index in [2.05, 4.69) is 4.90 Å². The highest BCUT2D eigenvalue weighted by molar-refractivity contribution is 5.83. The summed E-state index contributed by atoms with van der Waals surface area (Å²) in [7, 11) is 0. The number of hydrogen-bond donors (Lipinski definition) is 1. The number of carbonyl (C=O) groups is 1. The molecule has 0 aliphatic carbocycles. The third-order valence-electron chi connectivity index (χ3n) is 4.54. The van der Waals surface area contributed by atoms with E-state index in [1.807, 2.05) is 38.7 Å². The summed E-state index contributed by atoms with van der Waals surface area (Å²) < 4.78 is 5.54. The molecule has 1 aliphatic rings. The van der Waals surface area contributed by atoms with Crippen LogP contribution in [-0.2, 0) is 4.79 Å². The van der Waals surface area contributed by atoms with Crippen LogP contribution >= 0.6 is 0 Å². The molecule has 0 saturated carbocycles. The molecule has 2 rings (SSSR count). The van der Waals surface area contributed by atoms with Crippen molar-refractivity contribution in [3.05, 3.63) is 23.2 Å². The average molecular weight is 308 g/mol. The lowest BCUT2D eigenvalue weighted by Crippen LogP contribution is -2.51. The van der Waals surface area contributed by atoms with E-state index in [4.69, 9.17) is 4.42 Å². The fourth-order valence-electron chi connectivity index (χ4n) is 3.07. The van der Waals surface area contributed by atoms with Gasteiger partial charge in [-0.1, -0.05) is 6.92 Å². The second-order valence-electron chi connectivity index (χ2n) is 6.28. The van der Waals surface area contributed by atoms with Crippen LogP contribution in [-0.4, -0.2) is 59.6 Å². The predicted molar refractivity (Wildman–Crippen MR) is 85.9 cm³/mol. The zero-order chi connectivity index (χ0) is 16.3. The van der Waals surface area contributed by atoms with E-state index in [-0.39, 0.29) is 17.9 Å². The number of β-amino-alcohol motifs (C(OH)–C–C–N with tert-alkyl or cyclic N) is 1. The fraction of sp³-hybridized carbons (Fsp3) is 0.706. The van der Waals surface area contributed by atoms with E-state index >= 15 is 0 Å². The van der Waals surface area contributed by atoms with Crippen molar-refractivity contribution >= 4 is 5.91 Å². The minimum Gasteiger partial charge on any atom is -0.466 e. The summed E-state index contributed by atoms with van der Waals surface area (Å²) in [4.78, 5) is 16.8. The Bertz CT molecular complexity index is 504. The topological polar surface area (TPSA) is 56.9 Å². The smallest absolute Gasteiger partial charge is 0.230 e. The lowest BCUT2D eigenvalue weighted by atomic mass is 9.99. The van der Waals surface area contributed by atoms with Gasteiger partial charge in [-0.25, -0.2) is 0 Å². The number of piperazine rings is 1. The first-order chi connectivity index (χ1) is 10.4. The number of aryl methyl sites for hydroxylation is 2. The van der Waals surface area contributed by atoms with Gasteiger partial charge in [0.25, 0.3) is 0 Å². The zero-order valence-electron chi connectivity index (χ0n) is 14.1. The van der Waals surface area contributed by atoms with Crippen LogP contribution in [0, 0.1) is 13.8 Å². The molecule has 5 nitrogen and oxygen atoms in total. The van der Waals surface area contributed by atoms with Crippen molar-refractivity contribution < 1.29 is 14.3 Å². The highest BCUT2D eigenvalue weighted by atomic mass is 16.3. The third-order valence-corrected chi connectivity index (χ3v) is 4.54. The Morgan fingerprint density at radius 3 is 2.45 bits per heavy atom. The van der Waals surface area contributed by atoms with Gasteiger partial charge in [-0.3, -0.25) is 9.69 Å². The van der Waals surface area contributed by atoms with Gasteiger partial charge in [-0.05, 0) is 33.3 Å². The molecule has 2 heterocycles. The van der Waals surface area contributed by atoms with Crippen molar-refractivity contribution in [2.75, 3.05) is 32.7 Å². The summed E-state index contributed by atoms with van der Waals surface area (Å²) in [6.45, 7) is 11.6. The number of carbonyl (C=O) groups excluding carboxylic acids is 1. The molecular weight excluding hydrogens is 280 g/mol. The first-order valence-corrected chi connectivity index (χ1v) is 8.18. The highest BCUT2D eigenvalue weighted by Crippen LogP contribution is 2.25. The molecule has 22 heavy (non-hydrogen) atoms. The quantitative estimate of drug-likeness (QED) is 0.903. The number of aliphatic hydroxyl groups is 1. The van der Waals surface area contributed by atoms with E-state index < -0.39 is 0 Å². The number of hydrogen-bond acceptors (Lipinski definition) is 4. The van der Waals surface area contributed by atoms with E-state index in [0.717, 1.165) is 49.7 Å². The molecule has 1 fully saturated rings. The maximum Gasteiger partial charge on any atom is 0.230 e. The Morgan fingerprint density at radius 2 is 1.95 bits per heavy atom. The third kappa shape index (κ3) is 3.90. The summed E-state index contributed by atoms with van der Waals surface area (Å²) in [5.74, 6) is 1.69. The van der Waals surface area contributed by atoms with Crippen LogP contribution in [0.4, 0.5) is 0 Å². The van der Waals surface area contributed by atoms with E-state index in [9.17, 15) is 9.90 Å². The first-order valence-electron chi connectivity index (χ1n) is 8.18. The molecule has 0 spiro atoms. The molecule has 1 aromatic heterocycles. The second-order valence-corrected chi connectivity index (χ2v) is 6.28. The molecule has 2 unspecified atom stereocenters. The van der Waals surface area contributed by atoms with Gasteiger partial charge in [-0.15, -0.1) is 0 Å². The van der Waals surface area contributed by atoms with Gasteiger partial charge < -0.3 is 14.4 Å². The van der Waals surface area contributed by atoms with Crippen molar-refractivity contribution in [3.8, 4) is 0 Å². The Hall–Kier alpha value is -1.33. The Morgan fingerprint density at radius 1 is 1.32 bits per heavy atom. The monoisotopic (exact) mass is 308 g/mol. The number of aliphatic hydroxyl groups excluding tert-OH is 1. The van der Waals surface area contributed by atoms with Crippen molar-refractivity contribution in [2.45, 2.75) is 46.1 Å². The van der Waals surface area contributed by atoms with Crippen LogP contribution in [0.2, 0.25) is 0 Å². The molecule has 0 radical (unpaired) electrons. The van der Waals surface area contributed by atoms with Crippen molar-refractivity contribution in [3.63, 3.8) is 0 Å². The van der Waals surface area contributed by atoms with Crippen LogP contribution in [0.3, 0.4) is 0 Å². The fourth-order valence-corrected chi connectivity index (χ4v) is 3.07. The molecule has 124 valence electrons. The summed E-state index contributed by atoms with van der Waals surface area (Å²) in [6.07, 6.45) is 0.507. The molecule has 1 N–H and O–H groups in total. The maximum atomic E-state index is 12.7. The van der Waals surface area contributed by atoms with Crippen molar-refractivity contribution in [2.24, 2.45) is 0 Å². The second kappa shape index (κ2) is 7.29. The van der Waals surface area contributed by atoms with Crippen LogP contribution < -0.4 is 0 Å². The van der Waals surface area contributed by atoms with E-state index in [0.29, 0.717) is 6.54 Å². The summed E-state index contributed by atoms with van der Waals surface area (Å²) in [6, 6.07) is 1.96. The molecule has 0 aromatic carbocycles. The van der Waals surface area contributed by atoms with Gasteiger partial charge in [0.15, 0.2) is 0 Å².